The minimum absolute atomic E-state index is 0.0370. The van der Waals surface area contributed by atoms with E-state index >= 15 is 0 Å². The van der Waals surface area contributed by atoms with Crippen LogP contribution in [0.15, 0.2) is 11.4 Å². The van der Waals surface area contributed by atoms with Crippen LogP contribution in [0.25, 0.3) is 0 Å². The molecule has 76 valence electrons. The van der Waals surface area contributed by atoms with Gasteiger partial charge in [-0.05, 0) is 23.8 Å². The van der Waals surface area contributed by atoms with Crippen molar-refractivity contribution in [3.8, 4) is 0 Å². The molecular weight excluding hydrogens is 220 g/mol. The number of Topliss-reactive ketones (excluding diaryl/α,β-unsaturated/α-hetero) is 1. The predicted octanol–water partition coefficient (Wildman–Crippen LogP) is 3.01. The summed E-state index contributed by atoms with van der Waals surface area (Å²) in [5.41, 5.74) is 0. The molecule has 2 nitrogen and oxygen atoms in total. The number of halogens is 1. The van der Waals surface area contributed by atoms with E-state index in [1.54, 1.807) is 6.07 Å². The van der Waals surface area contributed by atoms with Gasteiger partial charge in [0.2, 0.25) is 5.78 Å². The molecule has 1 aromatic rings. The summed E-state index contributed by atoms with van der Waals surface area (Å²) in [6.07, 6.45) is 0.672. The molecule has 2 rings (SSSR count). The normalized spacial score (nSPS) is 26.7. The second-order valence-corrected chi connectivity index (χ2v) is 4.84. The molecule has 0 spiro atoms. The molecule has 0 saturated carbocycles. The lowest BCUT2D eigenvalue weighted by molar-refractivity contribution is 0.0584. The number of carbonyl (C=O) groups is 1. The standard InChI is InChI=1S/C10H11ClO2S/c1-6-2-4-13-9(6)8(12)10-7(11)3-5-14-10/h3,5-6,9H,2,4H2,1H3. The van der Waals surface area contributed by atoms with E-state index in [9.17, 15) is 4.79 Å². The molecule has 1 aliphatic heterocycles. The van der Waals surface area contributed by atoms with Crippen molar-refractivity contribution < 1.29 is 9.53 Å². The third kappa shape index (κ3) is 1.72. The molecule has 1 aliphatic rings. The van der Waals surface area contributed by atoms with E-state index < -0.39 is 0 Å². The molecule has 4 heteroatoms. The first-order valence-electron chi connectivity index (χ1n) is 4.59. The summed E-state index contributed by atoms with van der Waals surface area (Å²) < 4.78 is 5.40. The van der Waals surface area contributed by atoms with Crippen LogP contribution in [0.1, 0.15) is 23.0 Å². The van der Waals surface area contributed by atoms with Crippen LogP contribution in [0.5, 0.6) is 0 Å². The maximum absolute atomic E-state index is 11.9. The number of ketones is 1. The van der Waals surface area contributed by atoms with Crippen molar-refractivity contribution in [2.45, 2.75) is 19.4 Å². The SMILES string of the molecule is CC1CCOC1C(=O)c1sccc1Cl. The average Bonchev–Trinajstić information content (AvgIpc) is 2.73. The maximum atomic E-state index is 11.9. The van der Waals surface area contributed by atoms with Gasteiger partial charge in [-0.15, -0.1) is 11.3 Å². The molecule has 14 heavy (non-hydrogen) atoms. The van der Waals surface area contributed by atoms with Crippen molar-refractivity contribution in [2.24, 2.45) is 5.92 Å². The summed E-state index contributed by atoms with van der Waals surface area (Å²) in [4.78, 5) is 12.6. The minimum atomic E-state index is -0.286. The molecule has 0 aromatic carbocycles. The lowest BCUT2D eigenvalue weighted by Gasteiger charge is -2.11. The van der Waals surface area contributed by atoms with Crippen LogP contribution < -0.4 is 0 Å². The number of ether oxygens (including phenoxy) is 1. The van der Waals surface area contributed by atoms with Gasteiger partial charge in [0.05, 0.1) is 9.90 Å². The van der Waals surface area contributed by atoms with Gasteiger partial charge in [0.15, 0.2) is 0 Å². The molecule has 1 saturated heterocycles. The fraction of sp³-hybridized carbons (Fsp3) is 0.500. The van der Waals surface area contributed by atoms with Crippen LogP contribution in [-0.4, -0.2) is 18.5 Å². The Bertz CT molecular complexity index is 348. The lowest BCUT2D eigenvalue weighted by atomic mass is 10.00. The van der Waals surface area contributed by atoms with Crippen molar-refractivity contribution in [1.82, 2.24) is 0 Å². The zero-order chi connectivity index (χ0) is 10.1. The van der Waals surface area contributed by atoms with Crippen LogP contribution >= 0.6 is 22.9 Å². The van der Waals surface area contributed by atoms with Gasteiger partial charge in [-0.1, -0.05) is 18.5 Å². The highest BCUT2D eigenvalue weighted by molar-refractivity contribution is 7.12. The first-order valence-corrected chi connectivity index (χ1v) is 5.84. The molecule has 0 amide bonds. The number of hydrogen-bond donors (Lipinski definition) is 0. The Morgan fingerprint density at radius 1 is 1.71 bits per heavy atom. The monoisotopic (exact) mass is 230 g/mol. The maximum Gasteiger partial charge on any atom is 0.203 e. The van der Waals surface area contributed by atoms with Crippen LogP contribution in [0.4, 0.5) is 0 Å². The Kier molecular flexibility index (Phi) is 2.91. The van der Waals surface area contributed by atoms with Gasteiger partial charge in [-0.3, -0.25) is 4.79 Å². The molecule has 1 fully saturated rings. The largest absolute Gasteiger partial charge is 0.370 e. The second-order valence-electron chi connectivity index (χ2n) is 3.52. The third-order valence-electron chi connectivity index (χ3n) is 2.49. The summed E-state index contributed by atoms with van der Waals surface area (Å²) in [5, 5.41) is 2.37. The number of hydrogen-bond acceptors (Lipinski definition) is 3. The lowest BCUT2D eigenvalue weighted by Crippen LogP contribution is -2.24. The first-order chi connectivity index (χ1) is 6.70. The van der Waals surface area contributed by atoms with Crippen molar-refractivity contribution in [2.75, 3.05) is 6.61 Å². The fourth-order valence-corrected chi connectivity index (χ4v) is 2.75. The Morgan fingerprint density at radius 3 is 3.00 bits per heavy atom. The van der Waals surface area contributed by atoms with E-state index in [0.29, 0.717) is 22.4 Å². The van der Waals surface area contributed by atoms with Gasteiger partial charge in [0.1, 0.15) is 6.10 Å². The van der Waals surface area contributed by atoms with Crippen LogP contribution in [0.3, 0.4) is 0 Å². The molecule has 0 bridgehead atoms. The Morgan fingerprint density at radius 2 is 2.50 bits per heavy atom. The highest BCUT2D eigenvalue weighted by atomic mass is 35.5. The topological polar surface area (TPSA) is 26.3 Å². The van der Waals surface area contributed by atoms with Crippen LogP contribution in [0.2, 0.25) is 5.02 Å². The second kappa shape index (κ2) is 4.01. The Balaban J connectivity index is 2.20. The zero-order valence-electron chi connectivity index (χ0n) is 7.83. The van der Waals surface area contributed by atoms with Gasteiger partial charge in [0.25, 0.3) is 0 Å². The molecule has 0 radical (unpaired) electrons. The van der Waals surface area contributed by atoms with E-state index in [4.69, 9.17) is 16.3 Å². The number of rotatable bonds is 2. The molecular formula is C10H11ClO2S. The van der Waals surface area contributed by atoms with Crippen molar-refractivity contribution in [3.63, 3.8) is 0 Å². The highest BCUT2D eigenvalue weighted by Crippen LogP contribution is 2.29. The Labute approximate surface area is 91.8 Å². The van der Waals surface area contributed by atoms with Crippen molar-refractivity contribution in [1.29, 1.82) is 0 Å². The summed E-state index contributed by atoms with van der Waals surface area (Å²) >= 11 is 7.28. The predicted molar refractivity (Wildman–Crippen MR) is 57.2 cm³/mol. The van der Waals surface area contributed by atoms with Gasteiger partial charge >= 0.3 is 0 Å². The molecule has 2 heterocycles. The Hall–Kier alpha value is -0.380. The van der Waals surface area contributed by atoms with E-state index in [0.717, 1.165) is 6.42 Å². The smallest absolute Gasteiger partial charge is 0.203 e. The summed E-state index contributed by atoms with van der Waals surface area (Å²) in [7, 11) is 0. The summed E-state index contributed by atoms with van der Waals surface area (Å²) in [6.45, 7) is 2.72. The van der Waals surface area contributed by atoms with Gasteiger partial charge in [0, 0.05) is 6.61 Å². The molecule has 1 aromatic heterocycles. The quantitative estimate of drug-likeness (QED) is 0.731. The van der Waals surface area contributed by atoms with Gasteiger partial charge in [-0.2, -0.15) is 0 Å². The summed E-state index contributed by atoms with van der Waals surface area (Å²) in [6, 6.07) is 1.75. The van der Waals surface area contributed by atoms with Gasteiger partial charge in [-0.25, -0.2) is 0 Å². The van der Waals surface area contributed by atoms with Crippen LogP contribution in [-0.2, 0) is 4.74 Å². The number of thiophene rings is 1. The molecule has 2 atom stereocenters. The fourth-order valence-electron chi connectivity index (χ4n) is 1.63. The molecule has 0 N–H and O–H groups in total. The molecule has 0 aliphatic carbocycles. The number of carbonyl (C=O) groups excluding carboxylic acids is 1. The third-order valence-corrected chi connectivity index (χ3v) is 3.84. The zero-order valence-corrected chi connectivity index (χ0v) is 9.40. The van der Waals surface area contributed by atoms with Crippen molar-refractivity contribution in [3.05, 3.63) is 21.3 Å². The van der Waals surface area contributed by atoms with Crippen LogP contribution in [0, 0.1) is 5.92 Å². The van der Waals surface area contributed by atoms with E-state index in [1.807, 2.05) is 12.3 Å². The average molecular weight is 231 g/mol. The van der Waals surface area contributed by atoms with E-state index in [-0.39, 0.29) is 11.9 Å². The first kappa shape index (κ1) is 10.1. The van der Waals surface area contributed by atoms with E-state index in [1.165, 1.54) is 11.3 Å². The minimum Gasteiger partial charge on any atom is -0.370 e. The molecule has 2 unspecified atom stereocenters. The highest BCUT2D eigenvalue weighted by Gasteiger charge is 2.32. The van der Waals surface area contributed by atoms with Gasteiger partial charge < -0.3 is 4.74 Å². The summed E-state index contributed by atoms with van der Waals surface area (Å²) in [5.74, 6) is 0.343. The van der Waals surface area contributed by atoms with E-state index in [2.05, 4.69) is 0 Å². The van der Waals surface area contributed by atoms with Crippen molar-refractivity contribution >= 4 is 28.7 Å².